The summed E-state index contributed by atoms with van der Waals surface area (Å²) in [5, 5.41) is 9.38. The Kier molecular flexibility index (Phi) is 13.6. The van der Waals surface area contributed by atoms with Crippen LogP contribution in [0.2, 0.25) is 0 Å². The van der Waals surface area contributed by atoms with E-state index < -0.39 is 29.0 Å². The molecule has 18 heteroatoms. The van der Waals surface area contributed by atoms with Gasteiger partial charge in [0.05, 0.1) is 13.1 Å². The summed E-state index contributed by atoms with van der Waals surface area (Å²) >= 11 is 0. The summed E-state index contributed by atoms with van der Waals surface area (Å²) in [7, 11) is 1.90. The fraction of sp³-hybridized carbons (Fsp3) is 0.846. The van der Waals surface area contributed by atoms with Crippen LogP contribution < -0.4 is 0 Å². The van der Waals surface area contributed by atoms with Gasteiger partial charge in [-0.15, -0.1) is 0 Å². The summed E-state index contributed by atoms with van der Waals surface area (Å²) < 4.78 is 36.8. The maximum atomic E-state index is 13.9. The van der Waals surface area contributed by atoms with Gasteiger partial charge in [0.15, 0.2) is 0 Å². The average Bonchev–Trinajstić information content (AvgIpc) is 3.72. The van der Waals surface area contributed by atoms with E-state index in [0.717, 1.165) is 0 Å². The molecule has 0 fully saturated rings. The molecular formula is C26H52N8O8Si2. The van der Waals surface area contributed by atoms with Crippen molar-refractivity contribution in [3.63, 3.8) is 0 Å². The third kappa shape index (κ3) is 7.55. The van der Waals surface area contributed by atoms with Crippen LogP contribution in [0.1, 0.15) is 54.4 Å². The van der Waals surface area contributed by atoms with E-state index in [4.69, 9.17) is 26.6 Å². The van der Waals surface area contributed by atoms with Crippen molar-refractivity contribution in [1.82, 2.24) is 18.9 Å². The smallest absolute Gasteiger partial charge is 0.360 e. The number of carbonyl (C=O) groups is 2. The minimum atomic E-state index is -3.46. The van der Waals surface area contributed by atoms with E-state index in [-0.39, 0.29) is 12.1 Å². The van der Waals surface area contributed by atoms with E-state index in [9.17, 15) is 9.59 Å². The predicted molar refractivity (Wildman–Crippen MR) is 169 cm³/mol. The van der Waals surface area contributed by atoms with Crippen molar-refractivity contribution in [2.24, 2.45) is 20.2 Å². The predicted octanol–water partition coefficient (Wildman–Crippen LogP) is 2.84. The first-order valence-electron chi connectivity index (χ1n) is 14.8. The monoisotopic (exact) mass is 660 g/mol. The Hall–Kier alpha value is -2.33. The molecule has 0 spiro atoms. The molecule has 0 N–H and O–H groups in total. The minimum absolute atomic E-state index is 0.335. The lowest BCUT2D eigenvalue weighted by Gasteiger charge is -2.39. The fourth-order valence-corrected chi connectivity index (χ4v) is 9.28. The second kappa shape index (κ2) is 15.8. The highest BCUT2D eigenvalue weighted by Gasteiger charge is 2.54. The van der Waals surface area contributed by atoms with Gasteiger partial charge in [-0.3, -0.25) is 28.9 Å². The molecule has 0 aliphatic carbocycles. The van der Waals surface area contributed by atoms with Crippen molar-refractivity contribution >= 4 is 41.7 Å². The summed E-state index contributed by atoms with van der Waals surface area (Å²) in [5.74, 6) is 0.918. The lowest BCUT2D eigenvalue weighted by molar-refractivity contribution is 0.0631. The van der Waals surface area contributed by atoms with Gasteiger partial charge in [-0.2, -0.15) is 10.2 Å². The molecule has 0 aromatic rings. The molecule has 4 amide bonds. The van der Waals surface area contributed by atoms with Crippen LogP contribution >= 0.6 is 0 Å². The van der Waals surface area contributed by atoms with Crippen molar-refractivity contribution in [2.45, 2.75) is 65.5 Å². The SMILES string of the molecule is CCCN(C(=O)N1CCN=C1C(C)(C)/N=N/C(C)(C)C1=NCCN1C(=O)N(CCC)[Si](OC)(OC)OC)[Si](OC)(OC)OC. The number of amides is 4. The van der Waals surface area contributed by atoms with Gasteiger partial charge in [-0.25, -0.2) is 9.59 Å². The third-order valence-corrected chi connectivity index (χ3v) is 12.6. The Labute approximate surface area is 264 Å². The second-order valence-electron chi connectivity index (χ2n) is 11.2. The number of carbonyl (C=O) groups excluding carboxylic acids is 2. The number of nitrogens with zero attached hydrogens (tertiary/aromatic N) is 8. The number of rotatable bonds is 16. The molecule has 0 atom stereocenters. The zero-order valence-electron chi connectivity index (χ0n) is 28.5. The molecule has 16 nitrogen and oxygen atoms in total. The molecule has 0 saturated carbocycles. The Morgan fingerprint density at radius 1 is 0.682 bits per heavy atom. The summed E-state index contributed by atoms with van der Waals surface area (Å²) in [6, 6.07) is -0.671. The molecule has 0 aromatic heterocycles. The van der Waals surface area contributed by atoms with Crippen LogP contribution in [0.4, 0.5) is 9.59 Å². The van der Waals surface area contributed by atoms with E-state index in [1.54, 1.807) is 9.80 Å². The van der Waals surface area contributed by atoms with Gasteiger partial charge in [-0.05, 0) is 40.5 Å². The van der Waals surface area contributed by atoms with Gasteiger partial charge in [0.2, 0.25) is 0 Å². The van der Waals surface area contributed by atoms with E-state index in [0.29, 0.717) is 63.8 Å². The Balaban J connectivity index is 2.37. The van der Waals surface area contributed by atoms with Gasteiger partial charge >= 0.3 is 30.0 Å². The molecule has 0 saturated heterocycles. The van der Waals surface area contributed by atoms with Crippen LogP contribution in [0.25, 0.3) is 0 Å². The highest BCUT2D eigenvalue weighted by molar-refractivity contribution is 6.61. The maximum Gasteiger partial charge on any atom is 0.636 e. The minimum Gasteiger partial charge on any atom is -0.360 e. The van der Waals surface area contributed by atoms with E-state index in [2.05, 4.69) is 20.2 Å². The molecule has 0 radical (unpaired) electrons. The Bertz CT molecular complexity index is 984. The van der Waals surface area contributed by atoms with Crippen LogP contribution in [0, 0.1) is 0 Å². The first-order valence-corrected chi connectivity index (χ1v) is 18.1. The number of amidine groups is 2. The summed E-state index contributed by atoms with van der Waals surface area (Å²) in [5.41, 5.74) is -1.99. The van der Waals surface area contributed by atoms with Gasteiger partial charge < -0.3 is 26.6 Å². The topological polar surface area (TPSA) is 152 Å². The van der Waals surface area contributed by atoms with Gasteiger partial charge in [0.25, 0.3) is 0 Å². The van der Waals surface area contributed by atoms with Crippen LogP contribution in [0.5, 0.6) is 0 Å². The lowest BCUT2D eigenvalue weighted by atomic mass is 10.0. The van der Waals surface area contributed by atoms with Crippen LogP contribution in [-0.2, 0) is 26.6 Å². The lowest BCUT2D eigenvalue weighted by Crippen LogP contribution is -2.65. The number of urea groups is 2. The molecule has 0 aromatic carbocycles. The highest BCUT2D eigenvalue weighted by atomic mass is 28.4. The maximum absolute atomic E-state index is 13.9. The van der Waals surface area contributed by atoms with Crippen molar-refractivity contribution in [1.29, 1.82) is 0 Å². The van der Waals surface area contributed by atoms with Crippen molar-refractivity contribution in [3.8, 4) is 0 Å². The molecule has 0 unspecified atom stereocenters. The van der Waals surface area contributed by atoms with Crippen LogP contribution in [0.3, 0.4) is 0 Å². The average molecular weight is 661 g/mol. The first kappa shape index (κ1) is 37.9. The molecule has 252 valence electrons. The molecule has 44 heavy (non-hydrogen) atoms. The van der Waals surface area contributed by atoms with E-state index in [1.807, 2.05) is 41.5 Å². The standard InChI is InChI=1S/C26H52N8O8Si2/c1-13-17-33(43(37-7,38-8)39-9)23(35)31-19-15-27-21(31)25(3,4)29-30-26(5,6)22-28-16-20-32(22)24(36)34(18-14-2)44(40-10,41-11)42-12/h13-20H2,1-12H3/b30-29+. The van der Waals surface area contributed by atoms with E-state index in [1.165, 1.54) is 51.8 Å². The molecule has 2 aliphatic heterocycles. The van der Waals surface area contributed by atoms with Crippen LogP contribution in [0.15, 0.2) is 20.2 Å². The third-order valence-electron chi connectivity index (χ3n) is 7.35. The molecule has 2 heterocycles. The summed E-state index contributed by atoms with van der Waals surface area (Å²) in [6.07, 6.45) is 1.34. The quantitative estimate of drug-likeness (QED) is 0.181. The summed E-state index contributed by atoms with van der Waals surface area (Å²) in [6.45, 7) is 13.6. The fourth-order valence-electron chi connectivity index (χ4n) is 5.25. The second-order valence-corrected chi connectivity index (χ2v) is 16.8. The van der Waals surface area contributed by atoms with Gasteiger partial charge in [-0.1, -0.05) is 13.8 Å². The molecule has 0 bridgehead atoms. The molecular weight excluding hydrogens is 609 g/mol. The zero-order chi connectivity index (χ0) is 33.3. The van der Waals surface area contributed by atoms with Gasteiger partial charge in [0, 0.05) is 68.8 Å². The zero-order valence-corrected chi connectivity index (χ0v) is 30.5. The normalized spacial score (nSPS) is 16.5. The first-order chi connectivity index (χ1) is 20.7. The number of hydrogen-bond donors (Lipinski definition) is 0. The highest BCUT2D eigenvalue weighted by Crippen LogP contribution is 2.28. The van der Waals surface area contributed by atoms with Crippen molar-refractivity contribution in [3.05, 3.63) is 0 Å². The van der Waals surface area contributed by atoms with Crippen LogP contribution in [-0.4, -0.2) is 154 Å². The number of hydrogen-bond acceptors (Lipinski definition) is 12. The van der Waals surface area contributed by atoms with Crippen molar-refractivity contribution in [2.75, 3.05) is 81.9 Å². The summed E-state index contributed by atoms with van der Waals surface area (Å²) in [4.78, 5) is 40.3. The Morgan fingerprint density at radius 2 is 0.977 bits per heavy atom. The number of aliphatic imine (C=N–C) groups is 2. The Morgan fingerprint density at radius 3 is 1.23 bits per heavy atom. The molecule has 2 rings (SSSR count). The van der Waals surface area contributed by atoms with E-state index >= 15 is 0 Å². The number of azo groups is 1. The molecule has 2 aliphatic rings. The van der Waals surface area contributed by atoms with Crippen molar-refractivity contribution < 1.29 is 36.1 Å². The largest absolute Gasteiger partial charge is 0.636 e. The van der Waals surface area contributed by atoms with Gasteiger partial charge in [0.1, 0.15) is 22.7 Å².